The number of hydrogen-bond donors (Lipinski definition) is 1. The Kier molecular flexibility index (Phi) is 5.82. The Bertz CT molecular complexity index is 1650. The van der Waals surface area contributed by atoms with E-state index in [1.807, 2.05) is 49.4 Å². The number of rotatable bonds is 5. The standard InChI is InChI=1S/C34H26N2O5/c1-19-8-6-10-21(16-19)35-27(37)18-41-34(40)20-9-7-11-22(17-20)36-32(38)30-28-23-12-2-3-13-24(23)29(31(30)33(36)39)26-15-5-4-14-25(26)28/h2-17,28-31H,18H2,1H3,(H,35,37)/t28?,29?,30-,31+. The van der Waals surface area contributed by atoms with E-state index in [4.69, 9.17) is 4.74 Å². The number of imide groups is 1. The molecule has 8 rings (SSSR count). The van der Waals surface area contributed by atoms with Crippen LogP contribution in [0.4, 0.5) is 11.4 Å². The maximum absolute atomic E-state index is 14.0. The number of aryl methyl sites for hydroxylation is 1. The minimum Gasteiger partial charge on any atom is -0.452 e. The number of carbonyl (C=O) groups excluding carboxylic acids is 4. The van der Waals surface area contributed by atoms with E-state index in [1.54, 1.807) is 18.2 Å². The Morgan fingerprint density at radius 3 is 1.85 bits per heavy atom. The molecule has 0 radical (unpaired) electrons. The first-order valence-corrected chi connectivity index (χ1v) is 13.6. The summed E-state index contributed by atoms with van der Waals surface area (Å²) in [5.41, 5.74) is 6.46. The molecule has 0 saturated carbocycles. The van der Waals surface area contributed by atoms with Gasteiger partial charge in [0, 0.05) is 17.5 Å². The van der Waals surface area contributed by atoms with Crippen molar-refractivity contribution in [1.82, 2.24) is 0 Å². The normalized spacial score (nSPS) is 21.6. The molecule has 1 aliphatic heterocycles. The van der Waals surface area contributed by atoms with Crippen LogP contribution in [-0.4, -0.2) is 30.3 Å². The highest BCUT2D eigenvalue weighted by molar-refractivity contribution is 6.23. The predicted molar refractivity (Wildman–Crippen MR) is 153 cm³/mol. The Balaban J connectivity index is 1.14. The highest BCUT2D eigenvalue weighted by Crippen LogP contribution is 2.61. The first kappa shape index (κ1) is 25.0. The Hall–Kier alpha value is -5.04. The molecule has 0 aromatic heterocycles. The van der Waals surface area contributed by atoms with E-state index in [-0.39, 0.29) is 29.2 Å². The van der Waals surface area contributed by atoms with Gasteiger partial charge in [-0.25, -0.2) is 9.69 Å². The fourth-order valence-electron chi connectivity index (χ4n) is 6.84. The van der Waals surface area contributed by atoms with Crippen LogP contribution in [0.15, 0.2) is 97.1 Å². The number of esters is 1. The van der Waals surface area contributed by atoms with Crippen molar-refractivity contribution in [3.8, 4) is 0 Å². The van der Waals surface area contributed by atoms with E-state index in [9.17, 15) is 19.2 Å². The lowest BCUT2D eigenvalue weighted by Crippen LogP contribution is -2.41. The van der Waals surface area contributed by atoms with Gasteiger partial charge in [0.25, 0.3) is 5.91 Å². The summed E-state index contributed by atoms with van der Waals surface area (Å²) in [4.78, 5) is 54.4. The molecule has 3 amide bonds. The number of benzene rings is 4. The lowest BCUT2D eigenvalue weighted by atomic mass is 9.55. The molecule has 4 aliphatic rings. The van der Waals surface area contributed by atoms with E-state index in [0.717, 1.165) is 27.8 Å². The zero-order valence-electron chi connectivity index (χ0n) is 22.2. The summed E-state index contributed by atoms with van der Waals surface area (Å²) in [6, 6.07) is 29.7. The van der Waals surface area contributed by atoms with Crippen molar-refractivity contribution in [2.45, 2.75) is 18.8 Å². The molecular formula is C34H26N2O5. The molecule has 202 valence electrons. The number of carbonyl (C=O) groups is 4. The van der Waals surface area contributed by atoms with Crippen molar-refractivity contribution < 1.29 is 23.9 Å². The van der Waals surface area contributed by atoms with Crippen molar-refractivity contribution >= 4 is 35.1 Å². The van der Waals surface area contributed by atoms with E-state index in [1.165, 1.54) is 17.0 Å². The average Bonchev–Trinajstić information content (AvgIpc) is 3.26. The van der Waals surface area contributed by atoms with Gasteiger partial charge in [0.2, 0.25) is 11.8 Å². The zero-order chi connectivity index (χ0) is 28.2. The molecular weight excluding hydrogens is 516 g/mol. The number of nitrogens with one attached hydrogen (secondary N) is 1. The van der Waals surface area contributed by atoms with E-state index in [2.05, 4.69) is 29.6 Å². The molecule has 1 fully saturated rings. The summed E-state index contributed by atoms with van der Waals surface area (Å²) in [7, 11) is 0. The molecule has 1 N–H and O–H groups in total. The highest BCUT2D eigenvalue weighted by atomic mass is 16.5. The number of ether oxygens (including phenoxy) is 1. The van der Waals surface area contributed by atoms with Gasteiger partial charge >= 0.3 is 5.97 Å². The molecule has 0 unspecified atom stereocenters. The van der Waals surface area contributed by atoms with Crippen LogP contribution in [0.2, 0.25) is 0 Å². The molecule has 1 saturated heterocycles. The molecule has 41 heavy (non-hydrogen) atoms. The van der Waals surface area contributed by atoms with Crippen LogP contribution < -0.4 is 10.2 Å². The van der Waals surface area contributed by atoms with Crippen molar-refractivity contribution in [1.29, 1.82) is 0 Å². The maximum Gasteiger partial charge on any atom is 0.338 e. The molecule has 2 atom stereocenters. The van der Waals surface area contributed by atoms with Crippen molar-refractivity contribution in [3.63, 3.8) is 0 Å². The van der Waals surface area contributed by atoms with Crippen molar-refractivity contribution in [2.75, 3.05) is 16.8 Å². The van der Waals surface area contributed by atoms with Gasteiger partial charge in [0.05, 0.1) is 23.1 Å². The van der Waals surface area contributed by atoms with Gasteiger partial charge in [-0.1, -0.05) is 66.7 Å². The summed E-state index contributed by atoms with van der Waals surface area (Å²) >= 11 is 0. The second kappa shape index (κ2) is 9.55. The van der Waals surface area contributed by atoms with E-state index < -0.39 is 30.3 Å². The number of hydrogen-bond acceptors (Lipinski definition) is 5. The van der Waals surface area contributed by atoms with Crippen LogP contribution in [0.3, 0.4) is 0 Å². The SMILES string of the molecule is Cc1cccc(NC(=O)COC(=O)c2cccc(N3C(=O)[C@@H]4C5c6ccccc6C(c6ccccc65)[C@@H]4C3=O)c2)c1. The van der Waals surface area contributed by atoms with Crippen LogP contribution in [0.25, 0.3) is 0 Å². The van der Waals surface area contributed by atoms with Crippen molar-refractivity contribution in [3.05, 3.63) is 130 Å². The molecule has 3 aliphatic carbocycles. The van der Waals surface area contributed by atoms with Crippen LogP contribution in [0.5, 0.6) is 0 Å². The summed E-state index contributed by atoms with van der Waals surface area (Å²) in [6.45, 7) is 1.44. The second-order valence-electron chi connectivity index (χ2n) is 10.8. The van der Waals surface area contributed by atoms with Crippen molar-refractivity contribution in [2.24, 2.45) is 11.8 Å². The summed E-state index contributed by atoms with van der Waals surface area (Å²) in [5.74, 6) is -3.16. The van der Waals surface area contributed by atoms with E-state index >= 15 is 0 Å². The number of anilines is 2. The third-order valence-electron chi connectivity index (χ3n) is 8.42. The first-order chi connectivity index (χ1) is 19.9. The minimum absolute atomic E-state index is 0.149. The molecule has 4 aromatic carbocycles. The van der Waals surface area contributed by atoms with Crippen LogP contribution in [0.1, 0.15) is 50.0 Å². The molecule has 4 aromatic rings. The topological polar surface area (TPSA) is 92.8 Å². The summed E-state index contributed by atoms with van der Waals surface area (Å²) in [6.07, 6.45) is 0. The van der Waals surface area contributed by atoms with Gasteiger partial charge in [-0.05, 0) is 65.1 Å². The molecule has 7 nitrogen and oxygen atoms in total. The van der Waals surface area contributed by atoms with Gasteiger partial charge in [-0.3, -0.25) is 14.4 Å². The largest absolute Gasteiger partial charge is 0.452 e. The van der Waals surface area contributed by atoms with E-state index in [0.29, 0.717) is 11.4 Å². The molecule has 0 spiro atoms. The highest BCUT2D eigenvalue weighted by Gasteiger charge is 2.61. The first-order valence-electron chi connectivity index (χ1n) is 13.6. The predicted octanol–water partition coefficient (Wildman–Crippen LogP) is 5.19. The summed E-state index contributed by atoms with van der Waals surface area (Å²) in [5, 5.41) is 2.70. The minimum atomic E-state index is -0.720. The van der Waals surface area contributed by atoms with Crippen LogP contribution in [0, 0.1) is 18.8 Å². The Morgan fingerprint density at radius 2 is 1.29 bits per heavy atom. The fourth-order valence-corrected chi connectivity index (χ4v) is 6.84. The quantitative estimate of drug-likeness (QED) is 0.277. The number of amides is 3. The fraction of sp³-hybridized carbons (Fsp3) is 0.176. The molecule has 2 bridgehead atoms. The van der Waals surface area contributed by atoms with Gasteiger partial charge in [-0.2, -0.15) is 0 Å². The molecule has 7 heteroatoms. The lowest BCUT2D eigenvalue weighted by Gasteiger charge is -2.45. The Morgan fingerprint density at radius 1 is 0.732 bits per heavy atom. The number of nitrogens with zero attached hydrogens (tertiary/aromatic N) is 1. The van der Waals surface area contributed by atoms with Gasteiger partial charge < -0.3 is 10.1 Å². The van der Waals surface area contributed by atoms with Gasteiger partial charge in [0.15, 0.2) is 6.61 Å². The lowest BCUT2D eigenvalue weighted by molar-refractivity contribution is -0.122. The Labute approximate surface area is 236 Å². The third kappa shape index (κ3) is 3.96. The molecule has 1 heterocycles. The third-order valence-corrected chi connectivity index (χ3v) is 8.42. The average molecular weight is 543 g/mol. The van der Waals surface area contributed by atoms with Crippen LogP contribution >= 0.6 is 0 Å². The smallest absolute Gasteiger partial charge is 0.338 e. The van der Waals surface area contributed by atoms with Gasteiger partial charge in [0.1, 0.15) is 0 Å². The summed E-state index contributed by atoms with van der Waals surface area (Å²) < 4.78 is 5.25. The van der Waals surface area contributed by atoms with Crippen LogP contribution in [-0.2, 0) is 19.1 Å². The zero-order valence-corrected chi connectivity index (χ0v) is 22.2. The monoisotopic (exact) mass is 542 g/mol. The van der Waals surface area contributed by atoms with Gasteiger partial charge in [-0.15, -0.1) is 0 Å². The second-order valence-corrected chi connectivity index (χ2v) is 10.8. The maximum atomic E-state index is 14.0.